The SMILES string of the molecule is O=C(Cn1ccc(=O)c2ccccc21)NCCSC(F)(F)F. The minimum atomic E-state index is -4.29. The van der Waals surface area contributed by atoms with Crippen LogP contribution >= 0.6 is 11.8 Å². The Labute approximate surface area is 128 Å². The molecule has 1 aromatic heterocycles. The number of rotatable bonds is 5. The molecule has 1 N–H and O–H groups in total. The van der Waals surface area contributed by atoms with Crippen LogP contribution in [0.2, 0.25) is 0 Å². The van der Waals surface area contributed by atoms with Crippen molar-refractivity contribution < 1.29 is 18.0 Å². The van der Waals surface area contributed by atoms with Crippen LogP contribution in [0, 0.1) is 0 Å². The van der Waals surface area contributed by atoms with Crippen molar-refractivity contribution in [2.45, 2.75) is 12.1 Å². The number of alkyl halides is 3. The van der Waals surface area contributed by atoms with Gasteiger partial charge in [0, 0.05) is 29.9 Å². The van der Waals surface area contributed by atoms with Gasteiger partial charge in [0.1, 0.15) is 6.54 Å². The fourth-order valence-corrected chi connectivity index (χ4v) is 2.40. The molecule has 22 heavy (non-hydrogen) atoms. The van der Waals surface area contributed by atoms with Gasteiger partial charge in [-0.3, -0.25) is 9.59 Å². The third kappa shape index (κ3) is 4.52. The summed E-state index contributed by atoms with van der Waals surface area (Å²) in [4.78, 5) is 23.5. The van der Waals surface area contributed by atoms with Crippen LogP contribution in [0.25, 0.3) is 10.9 Å². The number of carbonyl (C=O) groups is 1. The fourth-order valence-electron chi connectivity index (χ4n) is 1.97. The number of carbonyl (C=O) groups excluding carboxylic acids is 1. The van der Waals surface area contributed by atoms with Gasteiger partial charge in [-0.1, -0.05) is 12.1 Å². The number of hydrogen-bond donors (Lipinski definition) is 1. The molecule has 4 nitrogen and oxygen atoms in total. The van der Waals surface area contributed by atoms with E-state index in [-0.39, 0.29) is 36.0 Å². The summed E-state index contributed by atoms with van der Waals surface area (Å²) >= 11 is -0.176. The zero-order chi connectivity index (χ0) is 16.2. The summed E-state index contributed by atoms with van der Waals surface area (Å²) in [5.74, 6) is -0.642. The van der Waals surface area contributed by atoms with Crippen molar-refractivity contribution in [3.05, 3.63) is 46.8 Å². The number of amides is 1. The number of thioether (sulfide) groups is 1. The maximum atomic E-state index is 12.0. The van der Waals surface area contributed by atoms with Crippen molar-refractivity contribution in [3.63, 3.8) is 0 Å². The van der Waals surface area contributed by atoms with Gasteiger partial charge in [-0.2, -0.15) is 13.2 Å². The van der Waals surface area contributed by atoms with Gasteiger partial charge in [0.15, 0.2) is 5.43 Å². The van der Waals surface area contributed by atoms with E-state index in [1.807, 2.05) is 0 Å². The van der Waals surface area contributed by atoms with Crippen LogP contribution in [0.15, 0.2) is 41.3 Å². The molecule has 1 amide bonds. The van der Waals surface area contributed by atoms with E-state index in [0.29, 0.717) is 10.9 Å². The van der Waals surface area contributed by atoms with E-state index >= 15 is 0 Å². The smallest absolute Gasteiger partial charge is 0.354 e. The molecule has 118 valence electrons. The summed E-state index contributed by atoms with van der Waals surface area (Å²) in [6.45, 7) is -0.126. The molecule has 2 rings (SSSR count). The van der Waals surface area contributed by atoms with Gasteiger partial charge in [-0.25, -0.2) is 0 Å². The first-order chi connectivity index (χ1) is 10.4. The lowest BCUT2D eigenvalue weighted by molar-refractivity contribution is -0.121. The van der Waals surface area contributed by atoms with Crippen molar-refractivity contribution in [1.82, 2.24) is 9.88 Å². The van der Waals surface area contributed by atoms with E-state index in [2.05, 4.69) is 5.32 Å². The first-order valence-electron chi connectivity index (χ1n) is 6.42. The molecule has 0 saturated heterocycles. The van der Waals surface area contributed by atoms with E-state index in [1.54, 1.807) is 28.8 Å². The molecule has 0 fully saturated rings. The second-order valence-corrected chi connectivity index (χ2v) is 5.63. The van der Waals surface area contributed by atoms with Crippen LogP contribution in [0.5, 0.6) is 0 Å². The van der Waals surface area contributed by atoms with Crippen molar-refractivity contribution >= 4 is 28.6 Å². The van der Waals surface area contributed by atoms with Crippen LogP contribution < -0.4 is 10.7 Å². The maximum Gasteiger partial charge on any atom is 0.441 e. The van der Waals surface area contributed by atoms with Crippen LogP contribution in [0.3, 0.4) is 0 Å². The molecular weight excluding hydrogens is 317 g/mol. The van der Waals surface area contributed by atoms with Gasteiger partial charge in [0.05, 0.1) is 5.52 Å². The Morgan fingerprint density at radius 2 is 1.95 bits per heavy atom. The van der Waals surface area contributed by atoms with Crippen LogP contribution in [0.4, 0.5) is 13.2 Å². The standard InChI is InChI=1S/C14H13F3N2O2S/c15-14(16,17)22-8-6-18-13(21)9-19-7-5-12(20)10-3-1-2-4-11(10)19/h1-5,7H,6,8-9H2,(H,18,21). The molecule has 8 heteroatoms. The predicted octanol–water partition coefficient (Wildman–Crippen LogP) is 2.37. The van der Waals surface area contributed by atoms with E-state index in [0.717, 1.165) is 0 Å². The quantitative estimate of drug-likeness (QED) is 0.857. The van der Waals surface area contributed by atoms with E-state index in [9.17, 15) is 22.8 Å². The number of nitrogens with one attached hydrogen (secondary N) is 1. The van der Waals surface area contributed by atoms with E-state index < -0.39 is 11.4 Å². The number of nitrogens with zero attached hydrogens (tertiary/aromatic N) is 1. The number of para-hydroxylation sites is 1. The molecule has 2 aromatic rings. The minimum Gasteiger partial charge on any atom is -0.354 e. The van der Waals surface area contributed by atoms with Gasteiger partial charge >= 0.3 is 5.51 Å². The highest BCUT2D eigenvalue weighted by molar-refractivity contribution is 8.00. The Bertz CT molecular complexity index is 728. The van der Waals surface area contributed by atoms with Crippen LogP contribution in [-0.4, -0.2) is 28.3 Å². The van der Waals surface area contributed by atoms with Crippen LogP contribution in [-0.2, 0) is 11.3 Å². The topological polar surface area (TPSA) is 51.1 Å². The van der Waals surface area contributed by atoms with Crippen molar-refractivity contribution in [3.8, 4) is 0 Å². The lowest BCUT2D eigenvalue weighted by atomic mass is 10.2. The maximum absolute atomic E-state index is 12.0. The zero-order valence-electron chi connectivity index (χ0n) is 11.4. The molecule has 0 atom stereocenters. The Morgan fingerprint density at radius 1 is 1.23 bits per heavy atom. The third-order valence-electron chi connectivity index (χ3n) is 2.89. The highest BCUT2D eigenvalue weighted by Gasteiger charge is 2.27. The normalized spacial score (nSPS) is 11.6. The largest absolute Gasteiger partial charge is 0.441 e. The van der Waals surface area contributed by atoms with Gasteiger partial charge < -0.3 is 9.88 Å². The van der Waals surface area contributed by atoms with E-state index in [4.69, 9.17) is 0 Å². The molecule has 1 heterocycles. The lowest BCUT2D eigenvalue weighted by Gasteiger charge is -2.11. The van der Waals surface area contributed by atoms with Gasteiger partial charge in [-0.05, 0) is 23.9 Å². The zero-order valence-corrected chi connectivity index (χ0v) is 12.2. The molecule has 0 radical (unpaired) electrons. The molecule has 0 aliphatic heterocycles. The second kappa shape index (κ2) is 6.87. The van der Waals surface area contributed by atoms with Gasteiger partial charge in [-0.15, -0.1) is 0 Å². The molecule has 0 aliphatic carbocycles. The van der Waals surface area contributed by atoms with Crippen LogP contribution in [0.1, 0.15) is 0 Å². The average Bonchev–Trinajstić information content (AvgIpc) is 2.46. The minimum absolute atomic E-state index is 0.0581. The molecule has 0 saturated carbocycles. The highest BCUT2D eigenvalue weighted by atomic mass is 32.2. The van der Waals surface area contributed by atoms with Gasteiger partial charge in [0.25, 0.3) is 0 Å². The number of benzene rings is 1. The number of halogens is 3. The Morgan fingerprint density at radius 3 is 2.68 bits per heavy atom. The monoisotopic (exact) mass is 330 g/mol. The third-order valence-corrected chi connectivity index (χ3v) is 3.62. The predicted molar refractivity (Wildman–Crippen MR) is 79.7 cm³/mol. The first-order valence-corrected chi connectivity index (χ1v) is 7.41. The Balaban J connectivity index is 1.98. The van der Waals surface area contributed by atoms with Crippen molar-refractivity contribution in [2.24, 2.45) is 0 Å². The second-order valence-electron chi connectivity index (χ2n) is 4.47. The number of hydrogen-bond acceptors (Lipinski definition) is 3. The van der Waals surface area contributed by atoms with E-state index in [1.165, 1.54) is 12.3 Å². The molecule has 1 aromatic carbocycles. The summed E-state index contributed by atoms with van der Waals surface area (Å²) in [5, 5.41) is 2.92. The van der Waals surface area contributed by atoms with Crippen molar-refractivity contribution in [2.75, 3.05) is 12.3 Å². The summed E-state index contributed by atoms with van der Waals surface area (Å²) in [6.07, 6.45) is 1.49. The number of aromatic nitrogens is 1. The van der Waals surface area contributed by atoms with Crippen molar-refractivity contribution in [1.29, 1.82) is 0 Å². The summed E-state index contributed by atoms with van der Waals surface area (Å²) in [7, 11) is 0. The number of fused-ring (bicyclic) bond motifs is 1. The molecular formula is C14H13F3N2O2S. The molecule has 0 spiro atoms. The lowest BCUT2D eigenvalue weighted by Crippen LogP contribution is -2.30. The molecule has 0 unspecified atom stereocenters. The molecule has 0 aliphatic rings. The summed E-state index contributed by atoms with van der Waals surface area (Å²) in [6, 6.07) is 8.20. The average molecular weight is 330 g/mol. The Hall–Kier alpha value is -1.96. The number of pyridine rings is 1. The Kier molecular flexibility index (Phi) is 5.12. The van der Waals surface area contributed by atoms with Gasteiger partial charge in [0.2, 0.25) is 5.91 Å². The highest BCUT2D eigenvalue weighted by Crippen LogP contribution is 2.29. The molecule has 0 bridgehead atoms. The fraction of sp³-hybridized carbons (Fsp3) is 0.286. The first kappa shape index (κ1) is 16.4. The summed E-state index contributed by atoms with van der Waals surface area (Å²) < 4.78 is 37.5. The summed E-state index contributed by atoms with van der Waals surface area (Å²) in [5.41, 5.74) is -3.83.